The number of alkyl halides is 3. The number of para-hydroxylation sites is 1. The molecule has 4 rings (SSSR count). The van der Waals surface area contributed by atoms with Crippen molar-refractivity contribution >= 4 is 33.0 Å². The summed E-state index contributed by atoms with van der Waals surface area (Å²) in [6, 6.07) is 17.2. The number of aromatic nitrogens is 1. The van der Waals surface area contributed by atoms with E-state index in [4.69, 9.17) is 4.84 Å². The van der Waals surface area contributed by atoms with Crippen LogP contribution in [0.5, 0.6) is 5.75 Å². The molecule has 0 aliphatic carbocycles. The van der Waals surface area contributed by atoms with Crippen LogP contribution < -0.4 is 9.21 Å². The molecule has 0 atom stereocenters. The summed E-state index contributed by atoms with van der Waals surface area (Å²) < 4.78 is 69.3. The van der Waals surface area contributed by atoms with E-state index in [1.165, 1.54) is 53.8 Å². The standard InChI is InChI=1S/C26H21F3N2O6S2/c1-17-10-11-22(15-23(17)25(32)33)39(34,35)31(20-7-3-2-4-8-20)36-13-12-19-16-38-24(30-19)18-6-5-9-21(14-18)37-26(27,28)29/h2-11,14-16H,12-13H2,1H3,(H,32,33). The first-order valence-corrected chi connectivity index (χ1v) is 13.6. The molecule has 0 saturated heterocycles. The number of carboxylic acids is 1. The maximum Gasteiger partial charge on any atom is 0.573 e. The minimum atomic E-state index is -4.82. The second-order valence-electron chi connectivity index (χ2n) is 8.15. The van der Waals surface area contributed by atoms with Crippen LogP contribution in [0.1, 0.15) is 21.6 Å². The van der Waals surface area contributed by atoms with Crippen LogP contribution in [-0.2, 0) is 21.3 Å². The highest BCUT2D eigenvalue weighted by Crippen LogP contribution is 2.30. The molecule has 0 unspecified atom stereocenters. The fraction of sp³-hybridized carbons (Fsp3) is 0.154. The van der Waals surface area contributed by atoms with Gasteiger partial charge >= 0.3 is 12.3 Å². The summed E-state index contributed by atoms with van der Waals surface area (Å²) in [5, 5.41) is 11.6. The van der Waals surface area contributed by atoms with Gasteiger partial charge in [0.05, 0.1) is 28.4 Å². The number of aryl methyl sites for hydroxylation is 1. The average molecular weight is 579 g/mol. The molecular formula is C26H21F3N2O6S2. The highest BCUT2D eigenvalue weighted by atomic mass is 32.2. The first kappa shape index (κ1) is 28.1. The van der Waals surface area contributed by atoms with Crippen LogP contribution in [0, 0.1) is 6.92 Å². The van der Waals surface area contributed by atoms with E-state index in [1.54, 1.807) is 36.6 Å². The lowest BCUT2D eigenvalue weighted by atomic mass is 10.1. The molecule has 13 heteroatoms. The summed E-state index contributed by atoms with van der Waals surface area (Å²) in [4.78, 5) is 21.4. The predicted octanol–water partition coefficient (Wildman–Crippen LogP) is 6.08. The number of aromatic carboxylic acids is 1. The molecule has 1 heterocycles. The Balaban J connectivity index is 1.52. The first-order valence-electron chi connectivity index (χ1n) is 11.3. The molecular weight excluding hydrogens is 557 g/mol. The number of halogens is 3. The largest absolute Gasteiger partial charge is 0.573 e. The van der Waals surface area contributed by atoms with Crippen molar-refractivity contribution in [3.05, 3.63) is 95.0 Å². The SMILES string of the molecule is Cc1ccc(S(=O)(=O)N(OCCc2csc(-c3cccc(OC(F)(F)F)c3)n2)c2ccccc2)cc1C(=O)O. The third-order valence-electron chi connectivity index (χ3n) is 5.36. The lowest BCUT2D eigenvalue weighted by Gasteiger charge is -2.23. The van der Waals surface area contributed by atoms with E-state index in [-0.39, 0.29) is 34.9 Å². The minimum Gasteiger partial charge on any atom is -0.478 e. The van der Waals surface area contributed by atoms with Gasteiger partial charge in [-0.05, 0) is 48.9 Å². The molecule has 0 saturated carbocycles. The second kappa shape index (κ2) is 11.4. The number of ether oxygens (including phenoxy) is 1. The van der Waals surface area contributed by atoms with Crippen molar-refractivity contribution in [2.75, 3.05) is 11.1 Å². The van der Waals surface area contributed by atoms with Gasteiger partial charge in [0.2, 0.25) is 0 Å². The van der Waals surface area contributed by atoms with Gasteiger partial charge in [0, 0.05) is 17.4 Å². The third kappa shape index (κ3) is 6.93. The molecule has 0 amide bonds. The topological polar surface area (TPSA) is 106 Å². The Hall–Kier alpha value is -3.94. The Kier molecular flexibility index (Phi) is 8.23. The number of nitrogens with zero attached hydrogens (tertiary/aromatic N) is 2. The monoisotopic (exact) mass is 578 g/mol. The van der Waals surface area contributed by atoms with Gasteiger partial charge in [0.1, 0.15) is 10.8 Å². The highest BCUT2D eigenvalue weighted by Gasteiger charge is 2.31. The number of sulfonamides is 1. The maximum absolute atomic E-state index is 13.5. The zero-order valence-corrected chi connectivity index (χ0v) is 21.9. The van der Waals surface area contributed by atoms with E-state index in [9.17, 15) is 31.5 Å². The van der Waals surface area contributed by atoms with Gasteiger partial charge in [-0.3, -0.25) is 4.84 Å². The minimum absolute atomic E-state index is 0.119. The van der Waals surface area contributed by atoms with Crippen LogP contribution in [0.25, 0.3) is 10.6 Å². The predicted molar refractivity (Wildman–Crippen MR) is 138 cm³/mol. The van der Waals surface area contributed by atoms with Crippen molar-refractivity contribution in [2.24, 2.45) is 0 Å². The molecule has 0 bridgehead atoms. The van der Waals surface area contributed by atoms with E-state index < -0.39 is 22.4 Å². The van der Waals surface area contributed by atoms with E-state index in [2.05, 4.69) is 9.72 Å². The molecule has 0 radical (unpaired) electrons. The molecule has 3 aromatic carbocycles. The molecule has 39 heavy (non-hydrogen) atoms. The maximum atomic E-state index is 13.5. The first-order chi connectivity index (χ1) is 18.4. The second-order valence-corrected chi connectivity index (χ2v) is 10.8. The molecule has 8 nitrogen and oxygen atoms in total. The smallest absolute Gasteiger partial charge is 0.478 e. The van der Waals surface area contributed by atoms with E-state index in [0.29, 0.717) is 21.8 Å². The Morgan fingerprint density at radius 3 is 2.49 bits per heavy atom. The number of rotatable bonds is 10. The van der Waals surface area contributed by atoms with Crippen molar-refractivity contribution in [1.82, 2.24) is 4.98 Å². The van der Waals surface area contributed by atoms with E-state index >= 15 is 0 Å². The summed E-state index contributed by atoms with van der Waals surface area (Å²) in [6.07, 6.45) is -4.63. The van der Waals surface area contributed by atoms with Crippen molar-refractivity contribution < 1.29 is 41.1 Å². The van der Waals surface area contributed by atoms with Gasteiger partial charge in [0.25, 0.3) is 10.0 Å². The molecule has 204 valence electrons. The number of hydrogen-bond acceptors (Lipinski definition) is 7. The van der Waals surface area contributed by atoms with Gasteiger partial charge in [-0.25, -0.2) is 9.78 Å². The van der Waals surface area contributed by atoms with Gasteiger partial charge in [-0.15, -0.1) is 29.0 Å². The number of thiazole rings is 1. The van der Waals surface area contributed by atoms with Crippen LogP contribution >= 0.6 is 11.3 Å². The van der Waals surface area contributed by atoms with E-state index in [0.717, 1.165) is 10.5 Å². The zero-order valence-electron chi connectivity index (χ0n) is 20.3. The Bertz CT molecular complexity index is 1570. The van der Waals surface area contributed by atoms with Gasteiger partial charge < -0.3 is 9.84 Å². The lowest BCUT2D eigenvalue weighted by Crippen LogP contribution is -2.32. The molecule has 0 aliphatic heterocycles. The number of carboxylic acid groups (broad SMARTS) is 1. The number of hydrogen-bond donors (Lipinski definition) is 1. The van der Waals surface area contributed by atoms with Crippen molar-refractivity contribution in [2.45, 2.75) is 24.6 Å². The van der Waals surface area contributed by atoms with Crippen LogP contribution in [0.3, 0.4) is 0 Å². The third-order valence-corrected chi connectivity index (χ3v) is 7.90. The molecule has 0 aliphatic rings. The summed E-state index contributed by atoms with van der Waals surface area (Å²) in [5.74, 6) is -1.63. The Labute approximate surface area is 225 Å². The van der Waals surface area contributed by atoms with Crippen LogP contribution in [-0.4, -0.2) is 37.4 Å². The van der Waals surface area contributed by atoms with Gasteiger partial charge in [0.15, 0.2) is 0 Å². The normalized spacial score (nSPS) is 11.8. The van der Waals surface area contributed by atoms with Crippen LogP contribution in [0.4, 0.5) is 18.9 Å². The summed E-state index contributed by atoms with van der Waals surface area (Å²) in [5.41, 5.74) is 1.42. The molecule has 0 spiro atoms. The number of benzene rings is 3. The van der Waals surface area contributed by atoms with Crippen LogP contribution in [0.15, 0.2) is 83.1 Å². The quantitative estimate of drug-likeness (QED) is 0.227. The average Bonchev–Trinajstić information content (AvgIpc) is 3.35. The number of carbonyl (C=O) groups is 1. The Morgan fingerprint density at radius 1 is 1.05 bits per heavy atom. The van der Waals surface area contributed by atoms with Crippen LogP contribution in [0.2, 0.25) is 0 Å². The summed E-state index contributed by atoms with van der Waals surface area (Å²) in [6.45, 7) is 1.44. The lowest BCUT2D eigenvalue weighted by molar-refractivity contribution is -0.274. The van der Waals surface area contributed by atoms with Gasteiger partial charge in [-0.2, -0.15) is 8.42 Å². The molecule has 4 aromatic rings. The summed E-state index contributed by atoms with van der Waals surface area (Å²) >= 11 is 1.20. The fourth-order valence-electron chi connectivity index (χ4n) is 3.53. The van der Waals surface area contributed by atoms with Crippen molar-refractivity contribution in [3.63, 3.8) is 0 Å². The van der Waals surface area contributed by atoms with Crippen molar-refractivity contribution in [1.29, 1.82) is 0 Å². The van der Waals surface area contributed by atoms with Gasteiger partial charge in [-0.1, -0.05) is 36.4 Å². The molecule has 1 N–H and O–H groups in total. The zero-order chi connectivity index (χ0) is 28.2. The van der Waals surface area contributed by atoms with E-state index in [1.807, 2.05) is 0 Å². The molecule has 1 aromatic heterocycles. The fourth-order valence-corrected chi connectivity index (χ4v) is 5.70. The number of anilines is 1. The van der Waals surface area contributed by atoms with Crippen molar-refractivity contribution in [3.8, 4) is 16.3 Å². The summed E-state index contributed by atoms with van der Waals surface area (Å²) in [7, 11) is -4.31. The highest BCUT2D eigenvalue weighted by molar-refractivity contribution is 7.92. The Morgan fingerprint density at radius 2 is 1.79 bits per heavy atom. The molecule has 0 fully saturated rings.